The van der Waals surface area contributed by atoms with Gasteiger partial charge in [-0.15, -0.1) is 0 Å². The molecule has 3 nitrogen and oxygen atoms in total. The number of rotatable bonds is 7. The fraction of sp³-hybridized carbons (Fsp3) is 0.533. The normalized spacial score (nSPS) is 11.9. The number of para-hydroxylation sites is 1. The highest BCUT2D eigenvalue weighted by Crippen LogP contribution is 2.21. The van der Waals surface area contributed by atoms with E-state index in [-0.39, 0.29) is 6.61 Å². The van der Waals surface area contributed by atoms with Gasteiger partial charge in [0.25, 0.3) is 0 Å². The standard InChI is InChI=1S/C15H22N2O/c1-3-5-13(8-9-18)11-17-15-12(2)6-4-7-14(15)10-16/h4,6-7,13,17-18H,3,5,8-9,11H2,1-2H3. The van der Waals surface area contributed by atoms with Gasteiger partial charge in [-0.05, 0) is 37.3 Å². The summed E-state index contributed by atoms with van der Waals surface area (Å²) in [4.78, 5) is 0. The van der Waals surface area contributed by atoms with Crippen molar-refractivity contribution in [3.05, 3.63) is 29.3 Å². The van der Waals surface area contributed by atoms with Gasteiger partial charge in [-0.2, -0.15) is 5.26 Å². The summed E-state index contributed by atoms with van der Waals surface area (Å²) in [5.74, 6) is 0.464. The lowest BCUT2D eigenvalue weighted by molar-refractivity contribution is 0.255. The molecule has 1 aromatic rings. The summed E-state index contributed by atoms with van der Waals surface area (Å²) in [5.41, 5.74) is 2.71. The van der Waals surface area contributed by atoms with E-state index in [0.717, 1.165) is 37.1 Å². The van der Waals surface area contributed by atoms with Crippen LogP contribution in [0, 0.1) is 24.2 Å². The molecule has 0 amide bonds. The summed E-state index contributed by atoms with van der Waals surface area (Å²) in [6.07, 6.45) is 3.03. The second kappa shape index (κ2) is 7.73. The Bertz CT molecular complexity index is 403. The van der Waals surface area contributed by atoms with Crippen LogP contribution in [0.5, 0.6) is 0 Å². The lowest BCUT2D eigenvalue weighted by Crippen LogP contribution is -2.16. The van der Waals surface area contributed by atoms with Crippen LogP contribution in [0.1, 0.15) is 37.3 Å². The molecule has 0 aliphatic carbocycles. The molecular formula is C15H22N2O. The first-order valence-electron chi connectivity index (χ1n) is 6.57. The van der Waals surface area contributed by atoms with Gasteiger partial charge in [0.2, 0.25) is 0 Å². The number of aliphatic hydroxyl groups is 1. The molecule has 0 aromatic heterocycles. The van der Waals surface area contributed by atoms with Gasteiger partial charge in [-0.1, -0.05) is 25.5 Å². The fourth-order valence-corrected chi connectivity index (χ4v) is 2.18. The maximum Gasteiger partial charge on any atom is 0.101 e. The number of benzene rings is 1. The molecule has 1 atom stereocenters. The van der Waals surface area contributed by atoms with Gasteiger partial charge in [0.1, 0.15) is 6.07 Å². The third-order valence-electron chi connectivity index (χ3n) is 3.20. The Labute approximate surface area is 109 Å². The van der Waals surface area contributed by atoms with Crippen LogP contribution in [0.4, 0.5) is 5.69 Å². The van der Waals surface area contributed by atoms with Gasteiger partial charge in [0.15, 0.2) is 0 Å². The van der Waals surface area contributed by atoms with Gasteiger partial charge in [0, 0.05) is 13.2 Å². The summed E-state index contributed by atoms with van der Waals surface area (Å²) < 4.78 is 0. The molecular weight excluding hydrogens is 224 g/mol. The van der Waals surface area contributed by atoms with Crippen molar-refractivity contribution >= 4 is 5.69 Å². The molecule has 98 valence electrons. The van der Waals surface area contributed by atoms with Crippen molar-refractivity contribution in [2.45, 2.75) is 33.1 Å². The van der Waals surface area contributed by atoms with E-state index in [9.17, 15) is 0 Å². The molecule has 0 spiro atoms. The second-order valence-electron chi connectivity index (χ2n) is 4.66. The summed E-state index contributed by atoms with van der Waals surface area (Å²) in [7, 11) is 0. The van der Waals surface area contributed by atoms with Crippen molar-refractivity contribution in [2.75, 3.05) is 18.5 Å². The van der Waals surface area contributed by atoms with Crippen molar-refractivity contribution in [1.29, 1.82) is 5.26 Å². The number of hydrogen-bond acceptors (Lipinski definition) is 3. The summed E-state index contributed by atoms with van der Waals surface area (Å²) in [5, 5.41) is 21.5. The zero-order chi connectivity index (χ0) is 13.4. The topological polar surface area (TPSA) is 56.0 Å². The Morgan fingerprint density at radius 2 is 2.17 bits per heavy atom. The number of nitrogens with one attached hydrogen (secondary N) is 1. The SMILES string of the molecule is CCCC(CCO)CNc1c(C)cccc1C#N. The number of nitrogens with zero attached hydrogens (tertiary/aromatic N) is 1. The van der Waals surface area contributed by atoms with E-state index in [1.165, 1.54) is 0 Å². The third-order valence-corrected chi connectivity index (χ3v) is 3.20. The van der Waals surface area contributed by atoms with Crippen LogP contribution in [0.25, 0.3) is 0 Å². The molecule has 0 fully saturated rings. The zero-order valence-electron chi connectivity index (χ0n) is 11.2. The third kappa shape index (κ3) is 4.05. The summed E-state index contributed by atoms with van der Waals surface area (Å²) in [6.45, 7) is 5.20. The minimum Gasteiger partial charge on any atom is -0.396 e. The Hall–Kier alpha value is -1.53. The van der Waals surface area contributed by atoms with Crippen LogP contribution >= 0.6 is 0 Å². The van der Waals surface area contributed by atoms with Gasteiger partial charge in [0.05, 0.1) is 11.3 Å². The Balaban J connectivity index is 2.70. The quantitative estimate of drug-likeness (QED) is 0.777. The molecule has 0 bridgehead atoms. The van der Waals surface area contributed by atoms with Crippen molar-refractivity contribution in [3.63, 3.8) is 0 Å². The smallest absolute Gasteiger partial charge is 0.101 e. The van der Waals surface area contributed by atoms with Gasteiger partial charge in [-0.25, -0.2) is 0 Å². The number of nitriles is 1. The van der Waals surface area contributed by atoms with Crippen LogP contribution in [0.3, 0.4) is 0 Å². The molecule has 1 aromatic carbocycles. The van der Waals surface area contributed by atoms with Crippen LogP contribution < -0.4 is 5.32 Å². The Kier molecular flexibility index (Phi) is 6.24. The maximum absolute atomic E-state index is 9.08. The second-order valence-corrected chi connectivity index (χ2v) is 4.66. The summed E-state index contributed by atoms with van der Waals surface area (Å²) in [6, 6.07) is 7.94. The molecule has 0 saturated heterocycles. The zero-order valence-corrected chi connectivity index (χ0v) is 11.2. The van der Waals surface area contributed by atoms with Crippen LogP contribution in [0.15, 0.2) is 18.2 Å². The molecule has 3 heteroatoms. The first-order chi connectivity index (χ1) is 8.72. The molecule has 0 radical (unpaired) electrons. The molecule has 0 saturated carbocycles. The highest BCUT2D eigenvalue weighted by molar-refractivity contribution is 5.62. The van der Waals surface area contributed by atoms with Crippen molar-refractivity contribution in [3.8, 4) is 6.07 Å². The van der Waals surface area contributed by atoms with Crippen LogP contribution in [-0.2, 0) is 0 Å². The lowest BCUT2D eigenvalue weighted by atomic mass is 9.99. The monoisotopic (exact) mass is 246 g/mol. The molecule has 2 N–H and O–H groups in total. The molecule has 1 unspecified atom stereocenters. The first-order valence-corrected chi connectivity index (χ1v) is 6.57. The van der Waals surface area contributed by atoms with Crippen molar-refractivity contribution in [2.24, 2.45) is 5.92 Å². The van der Waals surface area contributed by atoms with Gasteiger partial charge >= 0.3 is 0 Å². The van der Waals surface area contributed by atoms with Crippen LogP contribution in [0.2, 0.25) is 0 Å². The molecule has 0 aliphatic heterocycles. The summed E-state index contributed by atoms with van der Waals surface area (Å²) >= 11 is 0. The van der Waals surface area contributed by atoms with E-state index < -0.39 is 0 Å². The van der Waals surface area contributed by atoms with Crippen molar-refractivity contribution < 1.29 is 5.11 Å². The fourth-order valence-electron chi connectivity index (χ4n) is 2.18. The lowest BCUT2D eigenvalue weighted by Gasteiger charge is -2.18. The molecule has 18 heavy (non-hydrogen) atoms. The predicted molar refractivity (Wildman–Crippen MR) is 74.5 cm³/mol. The number of aryl methyl sites for hydroxylation is 1. The predicted octanol–water partition coefficient (Wildman–Crippen LogP) is 3.08. The molecule has 0 heterocycles. The van der Waals surface area contributed by atoms with E-state index in [2.05, 4.69) is 18.3 Å². The minimum atomic E-state index is 0.227. The van der Waals surface area contributed by atoms with E-state index in [0.29, 0.717) is 11.5 Å². The van der Waals surface area contributed by atoms with Gasteiger partial charge < -0.3 is 10.4 Å². The molecule has 1 rings (SSSR count). The number of hydrogen-bond donors (Lipinski definition) is 2. The number of anilines is 1. The molecule has 0 aliphatic rings. The first kappa shape index (κ1) is 14.5. The van der Waals surface area contributed by atoms with Crippen LogP contribution in [-0.4, -0.2) is 18.3 Å². The largest absolute Gasteiger partial charge is 0.396 e. The van der Waals surface area contributed by atoms with E-state index in [1.54, 1.807) is 0 Å². The van der Waals surface area contributed by atoms with Crippen molar-refractivity contribution in [1.82, 2.24) is 0 Å². The average molecular weight is 246 g/mol. The van der Waals surface area contributed by atoms with E-state index >= 15 is 0 Å². The highest BCUT2D eigenvalue weighted by Gasteiger charge is 2.10. The highest BCUT2D eigenvalue weighted by atomic mass is 16.3. The average Bonchev–Trinajstić information content (AvgIpc) is 2.37. The number of aliphatic hydroxyl groups excluding tert-OH is 1. The maximum atomic E-state index is 9.08. The van der Waals surface area contributed by atoms with E-state index in [1.807, 2.05) is 25.1 Å². The Morgan fingerprint density at radius 3 is 2.78 bits per heavy atom. The van der Waals surface area contributed by atoms with Gasteiger partial charge in [-0.3, -0.25) is 0 Å². The Morgan fingerprint density at radius 1 is 1.39 bits per heavy atom. The minimum absolute atomic E-state index is 0.227. The van der Waals surface area contributed by atoms with E-state index in [4.69, 9.17) is 10.4 Å².